The number of fused-ring (bicyclic) bond motifs is 1. The normalized spacial score (nSPS) is 14.2. The van der Waals surface area contributed by atoms with Gasteiger partial charge in [-0.3, -0.25) is 9.48 Å². The first-order valence-electron chi connectivity index (χ1n) is 6.01. The van der Waals surface area contributed by atoms with E-state index in [1.165, 1.54) is 4.90 Å². The van der Waals surface area contributed by atoms with Crippen molar-refractivity contribution in [2.75, 3.05) is 6.54 Å². The maximum Gasteiger partial charge on any atom is 0.257 e. The van der Waals surface area contributed by atoms with Gasteiger partial charge in [-0.05, 0) is 18.2 Å². The van der Waals surface area contributed by atoms with Crippen LogP contribution in [-0.4, -0.2) is 27.1 Å². The predicted octanol–water partition coefficient (Wildman–Crippen LogP) is 1.96. The molecular weight excluding hydrogens is 271 g/mol. The lowest BCUT2D eigenvalue weighted by molar-refractivity contribution is 0.0700. The van der Waals surface area contributed by atoms with E-state index in [0.717, 1.165) is 17.8 Å². The summed E-state index contributed by atoms with van der Waals surface area (Å²) in [4.78, 5) is 13.6. The molecule has 0 atom stereocenters. The smallest absolute Gasteiger partial charge is 0.257 e. The van der Waals surface area contributed by atoms with Crippen molar-refractivity contribution in [2.45, 2.75) is 13.1 Å². The molecule has 0 saturated carbocycles. The Bertz CT molecular complexity index is 683. The van der Waals surface area contributed by atoms with Gasteiger partial charge in [-0.2, -0.15) is 5.10 Å². The van der Waals surface area contributed by atoms with Crippen molar-refractivity contribution < 1.29 is 18.0 Å². The van der Waals surface area contributed by atoms with Crippen LogP contribution in [-0.2, 0) is 13.1 Å². The summed E-state index contributed by atoms with van der Waals surface area (Å²) in [6.07, 6.45) is 1.61. The van der Waals surface area contributed by atoms with Crippen molar-refractivity contribution in [1.82, 2.24) is 14.7 Å². The number of carbonyl (C=O) groups excluding carboxylic acids is 1. The zero-order valence-electron chi connectivity index (χ0n) is 10.3. The number of benzene rings is 1. The van der Waals surface area contributed by atoms with E-state index in [4.69, 9.17) is 0 Å². The van der Waals surface area contributed by atoms with Crippen LogP contribution in [0.4, 0.5) is 13.2 Å². The molecule has 104 valence electrons. The first-order chi connectivity index (χ1) is 9.58. The summed E-state index contributed by atoms with van der Waals surface area (Å²) >= 11 is 0. The molecule has 20 heavy (non-hydrogen) atoms. The Morgan fingerprint density at radius 1 is 1.10 bits per heavy atom. The zero-order chi connectivity index (χ0) is 14.3. The van der Waals surface area contributed by atoms with Crippen molar-refractivity contribution >= 4 is 5.91 Å². The Hall–Kier alpha value is -2.31. The lowest BCUT2D eigenvalue weighted by Gasteiger charge is -2.27. The van der Waals surface area contributed by atoms with Crippen LogP contribution in [0.2, 0.25) is 0 Å². The summed E-state index contributed by atoms with van der Waals surface area (Å²) in [5.74, 6) is -5.04. The molecule has 0 unspecified atom stereocenters. The minimum atomic E-state index is -1.63. The highest BCUT2D eigenvalue weighted by atomic mass is 19.2. The van der Waals surface area contributed by atoms with Gasteiger partial charge in [0.15, 0.2) is 17.5 Å². The van der Waals surface area contributed by atoms with Gasteiger partial charge in [0.25, 0.3) is 5.91 Å². The maximum atomic E-state index is 13.6. The number of hydrogen-bond donors (Lipinski definition) is 0. The molecule has 0 fully saturated rings. The van der Waals surface area contributed by atoms with Crippen LogP contribution in [0.15, 0.2) is 24.4 Å². The Balaban J connectivity index is 1.89. The fraction of sp³-hybridized carbons (Fsp3) is 0.231. The number of rotatable bonds is 1. The molecule has 0 bridgehead atoms. The molecule has 1 amide bonds. The second kappa shape index (κ2) is 4.66. The predicted molar refractivity (Wildman–Crippen MR) is 63.3 cm³/mol. The Morgan fingerprint density at radius 3 is 2.70 bits per heavy atom. The molecule has 2 heterocycles. The van der Waals surface area contributed by atoms with Crippen LogP contribution in [0.5, 0.6) is 0 Å². The van der Waals surface area contributed by atoms with E-state index in [1.54, 1.807) is 16.9 Å². The largest absolute Gasteiger partial charge is 0.331 e. The third kappa shape index (κ3) is 1.95. The van der Waals surface area contributed by atoms with E-state index in [2.05, 4.69) is 5.10 Å². The third-order valence-electron chi connectivity index (χ3n) is 3.29. The second-order valence-electron chi connectivity index (χ2n) is 4.50. The van der Waals surface area contributed by atoms with Crippen molar-refractivity contribution in [1.29, 1.82) is 0 Å². The molecular formula is C13H10F3N3O. The van der Waals surface area contributed by atoms with Crippen LogP contribution >= 0.6 is 0 Å². The van der Waals surface area contributed by atoms with Crippen LogP contribution in [0.3, 0.4) is 0 Å². The monoisotopic (exact) mass is 281 g/mol. The number of amides is 1. The highest BCUT2D eigenvalue weighted by Crippen LogP contribution is 2.19. The van der Waals surface area contributed by atoms with Crippen LogP contribution < -0.4 is 0 Å². The van der Waals surface area contributed by atoms with Gasteiger partial charge in [0, 0.05) is 12.7 Å². The second-order valence-corrected chi connectivity index (χ2v) is 4.50. The van der Waals surface area contributed by atoms with Gasteiger partial charge in [-0.15, -0.1) is 0 Å². The first kappa shape index (κ1) is 12.7. The molecule has 1 aromatic carbocycles. The van der Waals surface area contributed by atoms with E-state index in [1.807, 2.05) is 0 Å². The molecule has 0 N–H and O–H groups in total. The zero-order valence-corrected chi connectivity index (χ0v) is 10.3. The van der Waals surface area contributed by atoms with E-state index >= 15 is 0 Å². The minimum Gasteiger partial charge on any atom is -0.331 e. The summed E-state index contributed by atoms with van der Waals surface area (Å²) in [5, 5.41) is 4.06. The van der Waals surface area contributed by atoms with Crippen LogP contribution in [0.1, 0.15) is 16.1 Å². The first-order valence-corrected chi connectivity index (χ1v) is 6.01. The maximum absolute atomic E-state index is 13.6. The van der Waals surface area contributed by atoms with E-state index < -0.39 is 28.9 Å². The van der Waals surface area contributed by atoms with E-state index in [9.17, 15) is 18.0 Å². The highest BCUT2D eigenvalue weighted by Gasteiger charge is 2.26. The van der Waals surface area contributed by atoms with Crippen molar-refractivity contribution in [3.63, 3.8) is 0 Å². The number of aromatic nitrogens is 2. The number of nitrogens with zero attached hydrogens (tertiary/aromatic N) is 3. The van der Waals surface area contributed by atoms with Crippen LogP contribution in [0.25, 0.3) is 0 Å². The van der Waals surface area contributed by atoms with Gasteiger partial charge in [0.05, 0.1) is 24.3 Å². The molecule has 0 saturated heterocycles. The fourth-order valence-electron chi connectivity index (χ4n) is 2.22. The van der Waals surface area contributed by atoms with Crippen molar-refractivity contribution in [3.8, 4) is 0 Å². The molecule has 0 spiro atoms. The van der Waals surface area contributed by atoms with E-state index in [-0.39, 0.29) is 6.54 Å². The SMILES string of the molecule is O=C(c1ccc(F)c(F)c1F)N1CCn2nccc2C1. The Kier molecular flexibility index (Phi) is 2.96. The molecule has 4 nitrogen and oxygen atoms in total. The quantitative estimate of drug-likeness (QED) is 0.749. The Morgan fingerprint density at radius 2 is 1.90 bits per heavy atom. The third-order valence-corrected chi connectivity index (χ3v) is 3.29. The molecule has 1 aliphatic rings. The van der Waals surface area contributed by atoms with Gasteiger partial charge in [-0.25, -0.2) is 13.2 Å². The molecule has 0 aliphatic carbocycles. The summed E-state index contributed by atoms with van der Waals surface area (Å²) in [7, 11) is 0. The van der Waals surface area contributed by atoms with Gasteiger partial charge >= 0.3 is 0 Å². The lowest BCUT2D eigenvalue weighted by atomic mass is 10.1. The average Bonchev–Trinajstić information content (AvgIpc) is 2.91. The number of halogens is 3. The molecule has 1 aromatic heterocycles. The summed E-state index contributed by atoms with van der Waals surface area (Å²) in [6.45, 7) is 1.09. The number of hydrogen-bond acceptors (Lipinski definition) is 2. The molecule has 1 aliphatic heterocycles. The minimum absolute atomic E-state index is 0.261. The summed E-state index contributed by atoms with van der Waals surface area (Å²) in [6, 6.07) is 3.46. The molecule has 3 rings (SSSR count). The van der Waals surface area contributed by atoms with Crippen LogP contribution in [0, 0.1) is 17.5 Å². The molecule has 0 radical (unpaired) electrons. The average molecular weight is 281 g/mol. The van der Waals surface area contributed by atoms with Gasteiger partial charge < -0.3 is 4.90 Å². The van der Waals surface area contributed by atoms with Gasteiger partial charge in [-0.1, -0.05) is 0 Å². The van der Waals surface area contributed by atoms with Crippen molar-refractivity contribution in [3.05, 3.63) is 53.1 Å². The lowest BCUT2D eigenvalue weighted by Crippen LogP contribution is -2.38. The Labute approximate surface area is 112 Å². The highest BCUT2D eigenvalue weighted by molar-refractivity contribution is 5.94. The van der Waals surface area contributed by atoms with E-state index in [0.29, 0.717) is 13.1 Å². The van der Waals surface area contributed by atoms with Crippen molar-refractivity contribution in [2.24, 2.45) is 0 Å². The fourth-order valence-corrected chi connectivity index (χ4v) is 2.22. The summed E-state index contributed by atoms with van der Waals surface area (Å²) < 4.78 is 41.4. The molecule has 7 heteroatoms. The molecule has 2 aromatic rings. The summed E-state index contributed by atoms with van der Waals surface area (Å²) in [5.41, 5.74) is 0.351. The van der Waals surface area contributed by atoms with Gasteiger partial charge in [0.1, 0.15) is 0 Å². The number of carbonyl (C=O) groups is 1. The standard InChI is InChI=1S/C13H10F3N3O/c14-10-2-1-9(11(15)12(10)16)13(20)18-5-6-19-8(7-18)3-4-17-19/h1-4H,5-7H2. The topological polar surface area (TPSA) is 38.1 Å². The van der Waals surface area contributed by atoms with Gasteiger partial charge in [0.2, 0.25) is 0 Å².